The van der Waals surface area contributed by atoms with Crippen molar-refractivity contribution in [3.8, 4) is 0 Å². The Kier molecular flexibility index (Phi) is 4.97. The number of nitrogens with one attached hydrogen (secondary N) is 1. The first-order chi connectivity index (χ1) is 11.6. The van der Waals surface area contributed by atoms with Crippen molar-refractivity contribution in [3.63, 3.8) is 0 Å². The van der Waals surface area contributed by atoms with Crippen molar-refractivity contribution in [3.05, 3.63) is 65.7 Å². The number of nitrogens with zero attached hydrogens (tertiary/aromatic N) is 1. The molecule has 0 spiro atoms. The Labute approximate surface area is 142 Å². The van der Waals surface area contributed by atoms with Crippen molar-refractivity contribution >= 4 is 15.7 Å². The van der Waals surface area contributed by atoms with E-state index in [9.17, 15) is 13.2 Å². The Morgan fingerprint density at radius 2 is 1.71 bits per heavy atom. The van der Waals surface area contributed by atoms with E-state index in [0.29, 0.717) is 18.7 Å². The molecule has 0 aliphatic carbocycles. The predicted molar refractivity (Wildman–Crippen MR) is 92.5 cm³/mol. The molecule has 1 aliphatic heterocycles. The van der Waals surface area contributed by atoms with E-state index in [1.54, 1.807) is 35.2 Å². The number of sulfone groups is 1. The number of hydrogen-bond acceptors (Lipinski definition) is 4. The number of amides is 1. The van der Waals surface area contributed by atoms with Crippen molar-refractivity contribution in [1.82, 2.24) is 10.2 Å². The molecule has 1 fully saturated rings. The van der Waals surface area contributed by atoms with Gasteiger partial charge in [-0.2, -0.15) is 0 Å². The second kappa shape index (κ2) is 7.15. The van der Waals surface area contributed by atoms with E-state index in [1.165, 1.54) is 6.07 Å². The number of benzene rings is 2. The lowest BCUT2D eigenvalue weighted by atomic mass is 10.2. The van der Waals surface area contributed by atoms with Crippen LogP contribution in [0.1, 0.15) is 15.9 Å². The Bertz CT molecular complexity index is 813. The van der Waals surface area contributed by atoms with Crippen LogP contribution in [0.3, 0.4) is 0 Å². The van der Waals surface area contributed by atoms with E-state index < -0.39 is 9.84 Å². The summed E-state index contributed by atoms with van der Waals surface area (Å²) in [5, 5.41) is 3.19. The van der Waals surface area contributed by atoms with Gasteiger partial charge in [0.15, 0.2) is 9.84 Å². The highest BCUT2D eigenvalue weighted by molar-refractivity contribution is 7.90. The fourth-order valence-electron chi connectivity index (χ4n) is 2.75. The molecule has 2 aromatic rings. The first-order valence-corrected chi connectivity index (χ1v) is 9.58. The minimum Gasteiger partial charge on any atom is -0.336 e. The number of carbonyl (C=O) groups is 1. The molecule has 24 heavy (non-hydrogen) atoms. The van der Waals surface area contributed by atoms with Crippen LogP contribution in [-0.4, -0.2) is 45.4 Å². The summed E-state index contributed by atoms with van der Waals surface area (Å²) in [7, 11) is -3.48. The fourth-order valence-corrected chi connectivity index (χ4v) is 4.14. The third-order valence-corrected chi connectivity index (χ3v) is 5.73. The summed E-state index contributed by atoms with van der Waals surface area (Å²) < 4.78 is 25.2. The topological polar surface area (TPSA) is 66.5 Å². The van der Waals surface area contributed by atoms with Crippen LogP contribution in [-0.2, 0) is 15.6 Å². The first kappa shape index (κ1) is 16.7. The highest BCUT2D eigenvalue weighted by atomic mass is 32.2. The Morgan fingerprint density at radius 3 is 2.42 bits per heavy atom. The quantitative estimate of drug-likeness (QED) is 0.917. The van der Waals surface area contributed by atoms with Crippen LogP contribution < -0.4 is 5.32 Å². The summed E-state index contributed by atoms with van der Waals surface area (Å²) in [4.78, 5) is 14.5. The molecule has 0 radical (unpaired) electrons. The Balaban J connectivity index is 1.83. The van der Waals surface area contributed by atoms with Crippen LogP contribution in [0.15, 0.2) is 59.5 Å². The minimum atomic E-state index is -3.48. The van der Waals surface area contributed by atoms with Crippen LogP contribution in [0.25, 0.3) is 0 Å². The van der Waals surface area contributed by atoms with Crippen LogP contribution in [0.4, 0.5) is 0 Å². The van der Waals surface area contributed by atoms with Crippen molar-refractivity contribution in [2.45, 2.75) is 10.6 Å². The third-order valence-electron chi connectivity index (χ3n) is 4.04. The van der Waals surface area contributed by atoms with E-state index in [0.717, 1.165) is 18.7 Å². The van der Waals surface area contributed by atoms with Gasteiger partial charge in [-0.25, -0.2) is 8.42 Å². The monoisotopic (exact) mass is 344 g/mol. The van der Waals surface area contributed by atoms with Gasteiger partial charge in [0.05, 0.1) is 10.6 Å². The SMILES string of the molecule is O=C(c1cccc(S(=O)(=O)Cc2ccccc2)c1)N1CCNCC1. The van der Waals surface area contributed by atoms with Gasteiger partial charge in [-0.1, -0.05) is 36.4 Å². The largest absolute Gasteiger partial charge is 0.336 e. The van der Waals surface area contributed by atoms with Gasteiger partial charge < -0.3 is 10.2 Å². The van der Waals surface area contributed by atoms with Crippen LogP contribution in [0, 0.1) is 0 Å². The standard InChI is InChI=1S/C18H20N2O3S/c21-18(20-11-9-19-10-12-20)16-7-4-8-17(13-16)24(22,23)14-15-5-2-1-3-6-15/h1-8,13,19H,9-12,14H2. The van der Waals surface area contributed by atoms with Gasteiger partial charge in [0.1, 0.15) is 0 Å². The molecular weight excluding hydrogens is 324 g/mol. The maximum Gasteiger partial charge on any atom is 0.253 e. The first-order valence-electron chi connectivity index (χ1n) is 7.93. The van der Waals surface area contributed by atoms with Gasteiger partial charge in [0, 0.05) is 31.7 Å². The Morgan fingerprint density at radius 1 is 1.00 bits per heavy atom. The molecule has 5 nitrogen and oxygen atoms in total. The van der Waals surface area contributed by atoms with Crippen molar-refractivity contribution in [2.75, 3.05) is 26.2 Å². The van der Waals surface area contributed by atoms with Gasteiger partial charge in [-0.05, 0) is 23.8 Å². The second-order valence-electron chi connectivity index (χ2n) is 5.81. The minimum absolute atomic E-state index is 0.0703. The summed E-state index contributed by atoms with van der Waals surface area (Å²) in [5.74, 6) is -0.188. The molecule has 1 heterocycles. The normalized spacial score (nSPS) is 15.2. The molecule has 0 aromatic heterocycles. The number of carbonyl (C=O) groups excluding carboxylic acids is 1. The lowest BCUT2D eigenvalue weighted by molar-refractivity contribution is 0.0735. The summed E-state index contributed by atoms with van der Waals surface area (Å²) in [6.07, 6.45) is 0. The second-order valence-corrected chi connectivity index (χ2v) is 7.80. The molecule has 2 aromatic carbocycles. The van der Waals surface area contributed by atoms with E-state index in [-0.39, 0.29) is 16.6 Å². The summed E-state index contributed by atoms with van der Waals surface area (Å²) in [5.41, 5.74) is 1.15. The maximum absolute atomic E-state index is 12.6. The van der Waals surface area contributed by atoms with Crippen molar-refractivity contribution in [1.29, 1.82) is 0 Å². The van der Waals surface area contributed by atoms with Crippen molar-refractivity contribution < 1.29 is 13.2 Å². The molecular formula is C18H20N2O3S. The summed E-state index contributed by atoms with van der Waals surface area (Å²) in [6.45, 7) is 2.80. The zero-order valence-electron chi connectivity index (χ0n) is 13.3. The molecule has 1 amide bonds. The molecule has 0 saturated carbocycles. The van der Waals surface area contributed by atoms with Gasteiger partial charge in [0.25, 0.3) is 5.91 Å². The molecule has 0 unspecified atom stereocenters. The fraction of sp³-hybridized carbons (Fsp3) is 0.278. The molecule has 6 heteroatoms. The van der Waals surface area contributed by atoms with E-state index in [1.807, 2.05) is 18.2 Å². The molecule has 0 bridgehead atoms. The average molecular weight is 344 g/mol. The van der Waals surface area contributed by atoms with E-state index in [4.69, 9.17) is 0 Å². The number of piperazine rings is 1. The van der Waals surface area contributed by atoms with Gasteiger partial charge in [0.2, 0.25) is 0 Å². The maximum atomic E-state index is 12.6. The highest BCUT2D eigenvalue weighted by Crippen LogP contribution is 2.19. The molecule has 1 saturated heterocycles. The smallest absolute Gasteiger partial charge is 0.253 e. The van der Waals surface area contributed by atoms with Crippen molar-refractivity contribution in [2.24, 2.45) is 0 Å². The number of hydrogen-bond donors (Lipinski definition) is 1. The van der Waals surface area contributed by atoms with Gasteiger partial charge >= 0.3 is 0 Å². The molecule has 126 valence electrons. The van der Waals surface area contributed by atoms with Gasteiger partial charge in [-0.3, -0.25) is 4.79 Å². The lowest BCUT2D eigenvalue weighted by Crippen LogP contribution is -2.46. The molecule has 0 atom stereocenters. The summed E-state index contributed by atoms with van der Waals surface area (Å²) >= 11 is 0. The van der Waals surface area contributed by atoms with Crippen LogP contribution in [0.5, 0.6) is 0 Å². The zero-order chi connectivity index (χ0) is 17.0. The Hall–Kier alpha value is -2.18. The molecule has 3 rings (SSSR count). The van der Waals surface area contributed by atoms with Gasteiger partial charge in [-0.15, -0.1) is 0 Å². The van der Waals surface area contributed by atoms with Crippen LogP contribution >= 0.6 is 0 Å². The molecule has 1 N–H and O–H groups in total. The third kappa shape index (κ3) is 3.83. The highest BCUT2D eigenvalue weighted by Gasteiger charge is 2.21. The number of rotatable bonds is 4. The average Bonchev–Trinajstić information content (AvgIpc) is 2.62. The zero-order valence-corrected chi connectivity index (χ0v) is 14.1. The van der Waals surface area contributed by atoms with Crippen LogP contribution in [0.2, 0.25) is 0 Å². The predicted octanol–water partition coefficient (Wildman–Crippen LogP) is 1.71. The van der Waals surface area contributed by atoms with E-state index in [2.05, 4.69) is 5.32 Å². The summed E-state index contributed by atoms with van der Waals surface area (Å²) in [6, 6.07) is 15.4. The lowest BCUT2D eigenvalue weighted by Gasteiger charge is -2.27. The molecule has 1 aliphatic rings. The van der Waals surface area contributed by atoms with E-state index >= 15 is 0 Å².